The Morgan fingerprint density at radius 1 is 1.23 bits per heavy atom. The summed E-state index contributed by atoms with van der Waals surface area (Å²) in [5.41, 5.74) is 2.18. The average Bonchev–Trinajstić information content (AvgIpc) is 3.29. The molecule has 0 bridgehead atoms. The second-order valence-corrected chi connectivity index (χ2v) is 7.90. The largest absolute Gasteiger partial charge is 0.396 e. The van der Waals surface area contributed by atoms with E-state index in [0.29, 0.717) is 51.0 Å². The van der Waals surface area contributed by atoms with E-state index >= 15 is 0 Å². The van der Waals surface area contributed by atoms with Gasteiger partial charge < -0.3 is 24.6 Å². The minimum absolute atomic E-state index is 0.0558. The summed E-state index contributed by atoms with van der Waals surface area (Å²) in [5, 5.41) is 15.5. The van der Waals surface area contributed by atoms with Crippen molar-refractivity contribution in [3.63, 3.8) is 0 Å². The Balaban J connectivity index is 1.46. The van der Waals surface area contributed by atoms with Gasteiger partial charge >= 0.3 is 0 Å². The number of carbonyl (C=O) groups excluding carboxylic acids is 2. The first-order valence-corrected chi connectivity index (χ1v) is 10.4. The standard InChI is InChI=1S/C22H27N3O5/c26-12-3-9-23-20(27)15-17-14-16-4-1-2-5-18(16)22(30-17)7-10-25(11-8-22)21(28)19-6-13-29-24-19/h1-2,4-6,13,17,26H,3,7-12,14-15H2,(H,23,27). The zero-order chi connectivity index (χ0) is 21.0. The molecule has 1 saturated heterocycles. The monoisotopic (exact) mass is 413 g/mol. The summed E-state index contributed by atoms with van der Waals surface area (Å²) in [6, 6.07) is 9.80. The van der Waals surface area contributed by atoms with Crippen LogP contribution < -0.4 is 5.32 Å². The highest BCUT2D eigenvalue weighted by atomic mass is 16.5. The number of ether oxygens (including phenoxy) is 1. The number of hydrogen-bond acceptors (Lipinski definition) is 6. The number of fused-ring (bicyclic) bond motifs is 2. The van der Waals surface area contributed by atoms with Crippen LogP contribution in [0.25, 0.3) is 0 Å². The fourth-order valence-corrected chi connectivity index (χ4v) is 4.45. The topological polar surface area (TPSA) is 105 Å². The van der Waals surface area contributed by atoms with Crippen LogP contribution in [0.1, 0.15) is 47.3 Å². The van der Waals surface area contributed by atoms with E-state index in [9.17, 15) is 9.59 Å². The lowest BCUT2D eigenvalue weighted by molar-refractivity contribution is -0.147. The van der Waals surface area contributed by atoms with Gasteiger partial charge in [0.15, 0.2) is 5.69 Å². The Kier molecular flexibility index (Phi) is 6.15. The summed E-state index contributed by atoms with van der Waals surface area (Å²) in [6.07, 6.45) is 4.02. The van der Waals surface area contributed by atoms with Crippen molar-refractivity contribution in [2.24, 2.45) is 0 Å². The third-order valence-corrected chi connectivity index (χ3v) is 5.93. The van der Waals surface area contributed by atoms with Crippen LogP contribution in [0.15, 0.2) is 41.1 Å². The molecule has 0 radical (unpaired) electrons. The van der Waals surface area contributed by atoms with E-state index in [4.69, 9.17) is 14.4 Å². The Morgan fingerprint density at radius 3 is 2.77 bits per heavy atom. The van der Waals surface area contributed by atoms with Crippen molar-refractivity contribution in [3.05, 3.63) is 53.4 Å². The van der Waals surface area contributed by atoms with E-state index in [1.807, 2.05) is 12.1 Å². The number of piperidine rings is 1. The number of aromatic nitrogens is 1. The van der Waals surface area contributed by atoms with Crippen LogP contribution in [0.3, 0.4) is 0 Å². The SMILES string of the molecule is O=C(CC1Cc2ccccc2C2(CCN(C(=O)c3ccon3)CC2)O1)NCCCO. The highest BCUT2D eigenvalue weighted by Gasteiger charge is 2.44. The Hall–Kier alpha value is -2.71. The van der Waals surface area contributed by atoms with E-state index in [-0.39, 0.29) is 30.9 Å². The van der Waals surface area contributed by atoms with Gasteiger partial charge in [-0.15, -0.1) is 0 Å². The number of amides is 2. The van der Waals surface area contributed by atoms with Crippen molar-refractivity contribution in [3.8, 4) is 0 Å². The van der Waals surface area contributed by atoms with Crippen LogP contribution in [0.4, 0.5) is 0 Å². The summed E-state index contributed by atoms with van der Waals surface area (Å²) < 4.78 is 11.3. The van der Waals surface area contributed by atoms with E-state index < -0.39 is 5.60 Å². The van der Waals surface area contributed by atoms with Gasteiger partial charge in [-0.1, -0.05) is 29.4 Å². The van der Waals surface area contributed by atoms with Crippen LogP contribution in [0.5, 0.6) is 0 Å². The molecule has 1 fully saturated rings. The Labute approximate surface area is 175 Å². The summed E-state index contributed by atoms with van der Waals surface area (Å²) >= 11 is 0. The van der Waals surface area contributed by atoms with E-state index in [2.05, 4.69) is 22.6 Å². The minimum Gasteiger partial charge on any atom is -0.396 e. The van der Waals surface area contributed by atoms with E-state index in [1.165, 1.54) is 11.8 Å². The molecule has 2 aliphatic heterocycles. The van der Waals surface area contributed by atoms with Gasteiger partial charge in [-0.2, -0.15) is 0 Å². The van der Waals surface area contributed by atoms with Gasteiger partial charge in [0.25, 0.3) is 5.91 Å². The lowest BCUT2D eigenvalue weighted by Gasteiger charge is -2.47. The van der Waals surface area contributed by atoms with Crippen molar-refractivity contribution in [1.29, 1.82) is 0 Å². The van der Waals surface area contributed by atoms with Crippen molar-refractivity contribution >= 4 is 11.8 Å². The molecule has 8 nitrogen and oxygen atoms in total. The molecule has 1 unspecified atom stereocenters. The number of likely N-dealkylation sites (tertiary alicyclic amines) is 1. The summed E-state index contributed by atoms with van der Waals surface area (Å²) in [6.45, 7) is 1.62. The summed E-state index contributed by atoms with van der Waals surface area (Å²) in [5.74, 6) is -0.205. The number of nitrogens with one attached hydrogen (secondary N) is 1. The third-order valence-electron chi connectivity index (χ3n) is 5.93. The molecular weight excluding hydrogens is 386 g/mol. The maximum atomic E-state index is 12.6. The second kappa shape index (κ2) is 8.97. The number of carbonyl (C=O) groups is 2. The number of aliphatic hydroxyl groups excluding tert-OH is 1. The summed E-state index contributed by atoms with van der Waals surface area (Å²) in [4.78, 5) is 26.7. The molecule has 2 N–H and O–H groups in total. The van der Waals surface area contributed by atoms with Gasteiger partial charge in [-0.25, -0.2) is 0 Å². The van der Waals surface area contributed by atoms with Gasteiger partial charge in [0.1, 0.15) is 6.26 Å². The molecule has 1 spiro atoms. The maximum Gasteiger partial charge on any atom is 0.276 e. The van der Waals surface area contributed by atoms with Crippen LogP contribution in [-0.4, -0.2) is 59.3 Å². The molecule has 8 heteroatoms. The second-order valence-electron chi connectivity index (χ2n) is 7.90. The molecular formula is C22H27N3O5. The molecule has 160 valence electrons. The first-order valence-electron chi connectivity index (χ1n) is 10.4. The van der Waals surface area contributed by atoms with Crippen molar-refractivity contribution < 1.29 is 24.0 Å². The molecule has 30 heavy (non-hydrogen) atoms. The van der Waals surface area contributed by atoms with Crippen LogP contribution in [0, 0.1) is 0 Å². The van der Waals surface area contributed by atoms with Crippen LogP contribution >= 0.6 is 0 Å². The molecule has 1 aromatic carbocycles. The predicted molar refractivity (Wildman–Crippen MR) is 108 cm³/mol. The average molecular weight is 413 g/mol. The van der Waals surface area contributed by atoms with Gasteiger partial charge in [0.2, 0.25) is 5.91 Å². The van der Waals surface area contributed by atoms with Gasteiger partial charge in [0.05, 0.1) is 18.1 Å². The van der Waals surface area contributed by atoms with Gasteiger partial charge in [-0.3, -0.25) is 9.59 Å². The molecule has 0 saturated carbocycles. The summed E-state index contributed by atoms with van der Waals surface area (Å²) in [7, 11) is 0. The quantitative estimate of drug-likeness (QED) is 0.698. The lowest BCUT2D eigenvalue weighted by atomic mass is 9.77. The first kappa shape index (κ1) is 20.6. The third kappa shape index (κ3) is 4.24. The number of rotatable bonds is 6. The molecule has 1 aromatic heterocycles. The first-order chi connectivity index (χ1) is 14.6. The Morgan fingerprint density at radius 2 is 2.03 bits per heavy atom. The molecule has 2 amide bonds. The Bertz CT molecular complexity index is 875. The van der Waals surface area contributed by atoms with Crippen molar-refractivity contribution in [2.45, 2.75) is 43.8 Å². The maximum absolute atomic E-state index is 12.6. The zero-order valence-corrected chi connectivity index (χ0v) is 16.9. The molecule has 1 atom stereocenters. The lowest BCUT2D eigenvalue weighted by Crippen LogP contribution is -2.50. The number of hydrogen-bond donors (Lipinski definition) is 2. The normalized spacial score (nSPS) is 20.0. The smallest absolute Gasteiger partial charge is 0.276 e. The molecule has 3 heterocycles. The molecule has 2 aliphatic rings. The zero-order valence-electron chi connectivity index (χ0n) is 16.9. The van der Waals surface area contributed by atoms with Crippen LogP contribution in [0.2, 0.25) is 0 Å². The van der Waals surface area contributed by atoms with E-state index in [1.54, 1.807) is 11.0 Å². The van der Waals surface area contributed by atoms with E-state index in [0.717, 1.165) is 5.56 Å². The fourth-order valence-electron chi connectivity index (χ4n) is 4.45. The molecule has 2 aromatic rings. The number of aliphatic hydroxyl groups is 1. The van der Waals surface area contributed by atoms with Crippen molar-refractivity contribution in [2.75, 3.05) is 26.2 Å². The fraction of sp³-hybridized carbons (Fsp3) is 0.500. The molecule has 4 rings (SSSR count). The highest BCUT2D eigenvalue weighted by molar-refractivity contribution is 5.92. The minimum atomic E-state index is -0.495. The van der Waals surface area contributed by atoms with Gasteiger partial charge in [0, 0.05) is 32.3 Å². The predicted octanol–water partition coefficient (Wildman–Crippen LogP) is 1.64. The number of benzene rings is 1. The molecule has 0 aliphatic carbocycles. The van der Waals surface area contributed by atoms with Crippen molar-refractivity contribution in [1.82, 2.24) is 15.4 Å². The van der Waals surface area contributed by atoms with Gasteiger partial charge in [-0.05, 0) is 36.8 Å². The number of nitrogens with zero attached hydrogens (tertiary/aromatic N) is 2. The highest BCUT2D eigenvalue weighted by Crippen LogP contribution is 2.44. The van der Waals surface area contributed by atoms with Crippen LogP contribution in [-0.2, 0) is 21.6 Å².